The van der Waals surface area contributed by atoms with Crippen molar-refractivity contribution in [1.82, 2.24) is 5.32 Å². The lowest BCUT2D eigenvalue weighted by Crippen LogP contribution is -2.31. The Bertz CT molecular complexity index is 132. The van der Waals surface area contributed by atoms with Crippen LogP contribution in [-0.4, -0.2) is 45.3 Å². The van der Waals surface area contributed by atoms with Crippen molar-refractivity contribution >= 4 is 17.6 Å². The summed E-state index contributed by atoms with van der Waals surface area (Å²) in [5.41, 5.74) is 0. The van der Waals surface area contributed by atoms with Gasteiger partial charge in [-0.05, 0) is 0 Å². The highest BCUT2D eigenvalue weighted by Gasteiger charge is 2.13. The zero-order chi connectivity index (χ0) is 9.40. The van der Waals surface area contributed by atoms with Crippen LogP contribution in [0.15, 0.2) is 0 Å². The molecule has 0 aliphatic heterocycles. The van der Waals surface area contributed by atoms with Crippen molar-refractivity contribution in [1.29, 1.82) is 0 Å². The van der Waals surface area contributed by atoms with E-state index >= 15 is 0 Å². The molecule has 0 aliphatic rings. The summed E-state index contributed by atoms with van der Waals surface area (Å²) in [6.45, 7) is 1.68. The molecular formula is C7H14ClNO3. The molecule has 0 aliphatic carbocycles. The molecule has 0 bridgehead atoms. The van der Waals surface area contributed by atoms with Crippen LogP contribution in [0.1, 0.15) is 0 Å². The summed E-state index contributed by atoms with van der Waals surface area (Å²) in [5.74, 6) is -0.415. The van der Waals surface area contributed by atoms with Gasteiger partial charge in [0.25, 0.3) is 0 Å². The third-order valence-corrected chi connectivity index (χ3v) is 1.60. The van der Waals surface area contributed by atoms with Crippen molar-refractivity contribution in [3.05, 3.63) is 0 Å². The summed E-state index contributed by atoms with van der Waals surface area (Å²) in [6.07, 6.45) is 0. The van der Waals surface area contributed by atoms with Crippen LogP contribution in [0.4, 0.5) is 0 Å². The SMILES string of the molecule is COCCNCC(Cl)C(=O)OC. The van der Waals surface area contributed by atoms with Crippen LogP contribution in [0.25, 0.3) is 0 Å². The van der Waals surface area contributed by atoms with Gasteiger partial charge in [-0.15, -0.1) is 11.6 Å². The predicted molar refractivity (Wildman–Crippen MR) is 46.4 cm³/mol. The molecule has 0 aromatic rings. The van der Waals surface area contributed by atoms with Crippen LogP contribution < -0.4 is 5.32 Å². The van der Waals surface area contributed by atoms with E-state index in [4.69, 9.17) is 16.3 Å². The maximum Gasteiger partial charge on any atom is 0.325 e. The lowest BCUT2D eigenvalue weighted by atomic mass is 10.4. The molecule has 72 valence electrons. The molecule has 0 fully saturated rings. The van der Waals surface area contributed by atoms with Gasteiger partial charge in [0.1, 0.15) is 5.38 Å². The number of nitrogens with one attached hydrogen (secondary N) is 1. The van der Waals surface area contributed by atoms with Crippen molar-refractivity contribution in [3.63, 3.8) is 0 Å². The molecule has 0 heterocycles. The Balaban J connectivity index is 3.31. The van der Waals surface area contributed by atoms with Crippen LogP contribution in [-0.2, 0) is 14.3 Å². The highest BCUT2D eigenvalue weighted by molar-refractivity contribution is 6.30. The van der Waals surface area contributed by atoms with E-state index in [-0.39, 0.29) is 0 Å². The first kappa shape index (κ1) is 11.7. The minimum Gasteiger partial charge on any atom is -0.468 e. The Morgan fingerprint density at radius 2 is 2.25 bits per heavy atom. The molecule has 0 rings (SSSR count). The quantitative estimate of drug-likeness (QED) is 0.368. The molecule has 0 aromatic heterocycles. The summed E-state index contributed by atoms with van der Waals surface area (Å²) < 4.78 is 9.22. The fourth-order valence-electron chi connectivity index (χ4n) is 0.614. The molecule has 0 saturated carbocycles. The second-order valence-corrected chi connectivity index (χ2v) is 2.71. The molecular weight excluding hydrogens is 182 g/mol. The van der Waals surface area contributed by atoms with Crippen LogP contribution in [0.3, 0.4) is 0 Å². The van der Waals surface area contributed by atoms with Gasteiger partial charge in [0, 0.05) is 20.2 Å². The maximum absolute atomic E-state index is 10.8. The minimum absolute atomic E-state index is 0.400. The second kappa shape index (κ2) is 7.34. The van der Waals surface area contributed by atoms with Gasteiger partial charge in [0.05, 0.1) is 13.7 Å². The molecule has 0 spiro atoms. The average Bonchev–Trinajstić information content (AvgIpc) is 2.10. The second-order valence-electron chi connectivity index (χ2n) is 2.19. The molecule has 1 unspecified atom stereocenters. The molecule has 1 atom stereocenters. The average molecular weight is 196 g/mol. The molecule has 5 heteroatoms. The van der Waals surface area contributed by atoms with E-state index in [1.165, 1.54) is 7.11 Å². The predicted octanol–water partition coefficient (Wildman–Crippen LogP) is 0.00280. The zero-order valence-electron chi connectivity index (χ0n) is 7.30. The number of carbonyl (C=O) groups excluding carboxylic acids is 1. The van der Waals surface area contributed by atoms with Crippen molar-refractivity contribution in [2.24, 2.45) is 0 Å². The Morgan fingerprint density at radius 1 is 1.58 bits per heavy atom. The van der Waals surface area contributed by atoms with E-state index in [0.29, 0.717) is 19.7 Å². The van der Waals surface area contributed by atoms with Crippen LogP contribution in [0.2, 0.25) is 0 Å². The smallest absolute Gasteiger partial charge is 0.325 e. The number of carbonyl (C=O) groups is 1. The van der Waals surface area contributed by atoms with Gasteiger partial charge in [-0.25, -0.2) is 0 Å². The maximum atomic E-state index is 10.8. The van der Waals surface area contributed by atoms with Gasteiger partial charge in [-0.2, -0.15) is 0 Å². The van der Waals surface area contributed by atoms with E-state index < -0.39 is 11.3 Å². The first-order chi connectivity index (χ1) is 5.72. The Kier molecular flexibility index (Phi) is 7.14. The minimum atomic E-state index is -0.619. The number of esters is 1. The van der Waals surface area contributed by atoms with Gasteiger partial charge in [-0.3, -0.25) is 4.79 Å². The van der Waals surface area contributed by atoms with E-state index in [2.05, 4.69) is 10.1 Å². The summed E-state index contributed by atoms with van der Waals surface area (Å²) in [5, 5.41) is 2.32. The number of hydrogen-bond acceptors (Lipinski definition) is 4. The van der Waals surface area contributed by atoms with Crippen LogP contribution in [0.5, 0.6) is 0 Å². The number of ether oxygens (including phenoxy) is 2. The van der Waals surface area contributed by atoms with Gasteiger partial charge >= 0.3 is 5.97 Å². The monoisotopic (exact) mass is 195 g/mol. The fraction of sp³-hybridized carbons (Fsp3) is 0.857. The first-order valence-corrected chi connectivity index (χ1v) is 4.07. The molecule has 0 saturated heterocycles. The van der Waals surface area contributed by atoms with Crippen molar-refractivity contribution < 1.29 is 14.3 Å². The summed E-state index contributed by atoms with van der Waals surface area (Å²) in [7, 11) is 2.92. The molecule has 0 amide bonds. The van der Waals surface area contributed by atoms with Gasteiger partial charge < -0.3 is 14.8 Å². The largest absolute Gasteiger partial charge is 0.468 e. The highest BCUT2D eigenvalue weighted by Crippen LogP contribution is 1.95. The van der Waals surface area contributed by atoms with E-state index in [0.717, 1.165) is 0 Å². The van der Waals surface area contributed by atoms with Crippen molar-refractivity contribution in [2.45, 2.75) is 5.38 Å². The standard InChI is InChI=1S/C7H14ClNO3/c1-11-4-3-9-5-6(8)7(10)12-2/h6,9H,3-5H2,1-2H3. The topological polar surface area (TPSA) is 47.6 Å². The summed E-state index contributed by atoms with van der Waals surface area (Å²) in [6, 6.07) is 0. The molecule has 4 nitrogen and oxygen atoms in total. The molecule has 0 radical (unpaired) electrons. The third-order valence-electron chi connectivity index (χ3n) is 1.26. The van der Waals surface area contributed by atoms with Crippen LogP contribution >= 0.6 is 11.6 Å². The van der Waals surface area contributed by atoms with E-state index in [1.807, 2.05) is 0 Å². The van der Waals surface area contributed by atoms with Gasteiger partial charge in [0.15, 0.2) is 0 Å². The lowest BCUT2D eigenvalue weighted by Gasteiger charge is -2.07. The number of methoxy groups -OCH3 is 2. The Morgan fingerprint density at radius 3 is 2.75 bits per heavy atom. The zero-order valence-corrected chi connectivity index (χ0v) is 8.06. The van der Waals surface area contributed by atoms with Crippen molar-refractivity contribution in [2.75, 3.05) is 33.9 Å². The number of halogens is 1. The summed E-state index contributed by atoms with van der Waals surface area (Å²) in [4.78, 5) is 10.8. The Hall–Kier alpha value is -0.320. The van der Waals surface area contributed by atoms with Crippen LogP contribution in [0, 0.1) is 0 Å². The number of alkyl halides is 1. The summed E-state index contributed by atoms with van der Waals surface area (Å²) >= 11 is 5.63. The fourth-order valence-corrected chi connectivity index (χ4v) is 0.812. The third kappa shape index (κ3) is 5.35. The Labute approximate surface area is 77.2 Å². The number of hydrogen-bond donors (Lipinski definition) is 1. The normalized spacial score (nSPS) is 12.6. The molecule has 0 aromatic carbocycles. The molecule has 12 heavy (non-hydrogen) atoms. The lowest BCUT2D eigenvalue weighted by molar-refractivity contribution is -0.140. The van der Waals surface area contributed by atoms with Gasteiger partial charge in [-0.1, -0.05) is 0 Å². The first-order valence-electron chi connectivity index (χ1n) is 3.64. The number of rotatable bonds is 6. The van der Waals surface area contributed by atoms with Gasteiger partial charge in [0.2, 0.25) is 0 Å². The van der Waals surface area contributed by atoms with Crippen molar-refractivity contribution in [3.8, 4) is 0 Å². The molecule has 1 N–H and O–H groups in total. The van der Waals surface area contributed by atoms with E-state index in [1.54, 1.807) is 7.11 Å². The van der Waals surface area contributed by atoms with E-state index in [9.17, 15) is 4.79 Å². The highest BCUT2D eigenvalue weighted by atomic mass is 35.5.